The summed E-state index contributed by atoms with van der Waals surface area (Å²) in [4.78, 5) is 1.98. The SMILES string of the molecule is Nc1ccc(N2CCS(=O)(=O)CC2)c(-n2nnnc2C(N)CCCCOB(O)O)c1. The Bertz CT molecular complexity index is 941. The molecule has 1 atom stereocenters. The van der Waals surface area contributed by atoms with E-state index in [0.29, 0.717) is 49.6 Å². The van der Waals surface area contributed by atoms with Crippen LogP contribution in [0.15, 0.2) is 18.2 Å². The maximum atomic E-state index is 11.8. The maximum Gasteiger partial charge on any atom is 0.633 e. The standard InChI is InChI=1S/C16H26BN7O5S/c18-12-4-5-14(23-6-9-30(27,28)10-7-23)15(11-12)24-16(20-21-22-24)13(19)3-1-2-8-29-17(25)26/h4-5,11,13,25-26H,1-3,6-10,18-19H2. The molecule has 30 heavy (non-hydrogen) atoms. The highest BCUT2D eigenvalue weighted by Gasteiger charge is 2.26. The Kier molecular flexibility index (Phi) is 7.25. The van der Waals surface area contributed by atoms with E-state index in [-0.39, 0.29) is 18.1 Å². The van der Waals surface area contributed by atoms with Crippen LogP contribution in [0, 0.1) is 0 Å². The summed E-state index contributed by atoms with van der Waals surface area (Å²) in [6.07, 6.45) is 1.83. The van der Waals surface area contributed by atoms with E-state index in [1.807, 2.05) is 11.0 Å². The lowest BCUT2D eigenvalue weighted by atomic mass is 10.1. The minimum Gasteiger partial charge on any atom is -0.402 e. The fourth-order valence-electron chi connectivity index (χ4n) is 3.31. The second-order valence-electron chi connectivity index (χ2n) is 7.14. The molecule has 6 N–H and O–H groups in total. The predicted octanol–water partition coefficient (Wildman–Crippen LogP) is -1.36. The van der Waals surface area contributed by atoms with Gasteiger partial charge in [-0.3, -0.25) is 0 Å². The van der Waals surface area contributed by atoms with Gasteiger partial charge < -0.3 is 31.1 Å². The van der Waals surface area contributed by atoms with Crippen molar-refractivity contribution in [1.82, 2.24) is 20.2 Å². The molecule has 1 aromatic carbocycles. The van der Waals surface area contributed by atoms with Crippen molar-refractivity contribution >= 4 is 28.5 Å². The van der Waals surface area contributed by atoms with Crippen LogP contribution in [0.25, 0.3) is 5.69 Å². The molecule has 1 aromatic heterocycles. The number of nitrogens with zero attached hydrogens (tertiary/aromatic N) is 5. The highest BCUT2D eigenvalue weighted by Crippen LogP contribution is 2.29. The predicted molar refractivity (Wildman–Crippen MR) is 111 cm³/mol. The average Bonchev–Trinajstić information content (AvgIpc) is 3.17. The third kappa shape index (κ3) is 5.67. The Hall–Kier alpha value is -2.26. The maximum absolute atomic E-state index is 11.8. The van der Waals surface area contributed by atoms with Crippen molar-refractivity contribution in [1.29, 1.82) is 0 Å². The molecule has 2 aromatic rings. The second kappa shape index (κ2) is 9.70. The van der Waals surface area contributed by atoms with Crippen molar-refractivity contribution in [2.24, 2.45) is 5.73 Å². The van der Waals surface area contributed by atoms with Gasteiger partial charge in [0, 0.05) is 25.4 Å². The Morgan fingerprint density at radius 3 is 2.63 bits per heavy atom. The number of anilines is 2. The molecule has 0 amide bonds. The van der Waals surface area contributed by atoms with Gasteiger partial charge in [0.25, 0.3) is 0 Å². The molecule has 2 heterocycles. The Morgan fingerprint density at radius 1 is 1.20 bits per heavy atom. The van der Waals surface area contributed by atoms with E-state index < -0.39 is 23.2 Å². The molecule has 0 aliphatic carbocycles. The zero-order valence-electron chi connectivity index (χ0n) is 16.5. The zero-order valence-corrected chi connectivity index (χ0v) is 17.3. The smallest absolute Gasteiger partial charge is 0.402 e. The summed E-state index contributed by atoms with van der Waals surface area (Å²) in [5.41, 5.74) is 14.2. The number of aromatic nitrogens is 4. The molecule has 1 aliphatic rings. The van der Waals surface area contributed by atoms with Gasteiger partial charge in [-0.25, -0.2) is 8.42 Å². The quantitative estimate of drug-likeness (QED) is 0.206. The second-order valence-corrected chi connectivity index (χ2v) is 9.44. The average molecular weight is 439 g/mol. The van der Waals surface area contributed by atoms with Crippen molar-refractivity contribution in [2.75, 3.05) is 41.8 Å². The molecule has 1 aliphatic heterocycles. The van der Waals surface area contributed by atoms with E-state index in [9.17, 15) is 8.42 Å². The molecule has 3 rings (SSSR count). The minimum absolute atomic E-state index is 0.0867. The van der Waals surface area contributed by atoms with E-state index in [4.69, 9.17) is 21.5 Å². The van der Waals surface area contributed by atoms with Crippen LogP contribution in [0.4, 0.5) is 11.4 Å². The van der Waals surface area contributed by atoms with Gasteiger partial charge in [-0.1, -0.05) is 0 Å². The number of nitrogens with two attached hydrogens (primary N) is 2. The molecule has 0 saturated carbocycles. The van der Waals surface area contributed by atoms with Gasteiger partial charge >= 0.3 is 7.32 Å². The third-order valence-electron chi connectivity index (χ3n) is 4.91. The highest BCUT2D eigenvalue weighted by atomic mass is 32.2. The van der Waals surface area contributed by atoms with Gasteiger partial charge in [0.05, 0.1) is 28.9 Å². The molecule has 0 spiro atoms. The molecule has 12 nitrogen and oxygen atoms in total. The summed E-state index contributed by atoms with van der Waals surface area (Å²) in [5.74, 6) is 0.627. The first-order valence-electron chi connectivity index (χ1n) is 9.64. The summed E-state index contributed by atoms with van der Waals surface area (Å²) >= 11 is 0. The van der Waals surface area contributed by atoms with Gasteiger partial charge in [-0.2, -0.15) is 4.68 Å². The molecule has 14 heteroatoms. The number of hydrogen-bond acceptors (Lipinski definition) is 11. The van der Waals surface area contributed by atoms with E-state index >= 15 is 0 Å². The monoisotopic (exact) mass is 439 g/mol. The molecule has 1 saturated heterocycles. The first-order valence-corrected chi connectivity index (χ1v) is 11.5. The van der Waals surface area contributed by atoms with Gasteiger partial charge in [0.1, 0.15) is 0 Å². The van der Waals surface area contributed by atoms with Gasteiger partial charge in [0.2, 0.25) is 0 Å². The number of benzene rings is 1. The normalized spacial score (nSPS) is 17.1. The molecular formula is C16H26BN7O5S. The molecule has 1 fully saturated rings. The van der Waals surface area contributed by atoms with E-state index in [0.717, 1.165) is 5.69 Å². The molecule has 1 unspecified atom stereocenters. The lowest BCUT2D eigenvalue weighted by Gasteiger charge is -2.30. The Morgan fingerprint density at radius 2 is 1.93 bits per heavy atom. The van der Waals surface area contributed by atoms with Crippen LogP contribution >= 0.6 is 0 Å². The third-order valence-corrected chi connectivity index (χ3v) is 6.52. The summed E-state index contributed by atoms with van der Waals surface area (Å²) < 4.78 is 29.8. The van der Waals surface area contributed by atoms with Crippen molar-refractivity contribution in [3.8, 4) is 5.69 Å². The molecule has 164 valence electrons. The van der Waals surface area contributed by atoms with Crippen LogP contribution in [-0.2, 0) is 14.5 Å². The van der Waals surface area contributed by atoms with E-state index in [1.54, 1.807) is 12.1 Å². The fourth-order valence-corrected chi connectivity index (χ4v) is 4.51. The minimum atomic E-state index is -3.02. The molecular weight excluding hydrogens is 413 g/mol. The molecule has 0 bridgehead atoms. The number of unbranched alkanes of at least 4 members (excludes halogenated alkanes) is 1. The van der Waals surface area contributed by atoms with Crippen LogP contribution in [-0.4, -0.2) is 77.2 Å². The number of nitrogen functional groups attached to an aromatic ring is 1. The van der Waals surface area contributed by atoms with Gasteiger partial charge in [0.15, 0.2) is 15.7 Å². The zero-order chi connectivity index (χ0) is 21.7. The molecule has 0 radical (unpaired) electrons. The lowest BCUT2D eigenvalue weighted by Crippen LogP contribution is -2.40. The Balaban J connectivity index is 1.77. The highest BCUT2D eigenvalue weighted by molar-refractivity contribution is 7.91. The lowest BCUT2D eigenvalue weighted by molar-refractivity contribution is 0.181. The van der Waals surface area contributed by atoms with Crippen LogP contribution in [0.5, 0.6) is 0 Å². The number of rotatable bonds is 9. The van der Waals surface area contributed by atoms with Gasteiger partial charge in [-0.05, 0) is 47.9 Å². The first kappa shape index (κ1) is 22.4. The summed E-state index contributed by atoms with van der Waals surface area (Å²) in [6.45, 7) is 0.950. The van der Waals surface area contributed by atoms with Crippen LogP contribution < -0.4 is 16.4 Å². The number of sulfone groups is 1. The Labute approximate surface area is 174 Å². The summed E-state index contributed by atoms with van der Waals surface area (Å²) in [5, 5.41) is 29.3. The van der Waals surface area contributed by atoms with Crippen molar-refractivity contribution < 1.29 is 23.1 Å². The van der Waals surface area contributed by atoms with Crippen molar-refractivity contribution in [3.05, 3.63) is 24.0 Å². The summed E-state index contributed by atoms with van der Waals surface area (Å²) in [7, 11) is -4.80. The van der Waals surface area contributed by atoms with Crippen molar-refractivity contribution in [2.45, 2.75) is 25.3 Å². The summed E-state index contributed by atoms with van der Waals surface area (Å²) in [6, 6.07) is 4.86. The van der Waals surface area contributed by atoms with Crippen LogP contribution in [0.1, 0.15) is 31.1 Å². The van der Waals surface area contributed by atoms with Gasteiger partial charge in [-0.15, -0.1) is 5.10 Å². The fraction of sp³-hybridized carbons (Fsp3) is 0.562. The number of tetrazole rings is 1. The van der Waals surface area contributed by atoms with Crippen LogP contribution in [0.3, 0.4) is 0 Å². The number of hydrogen-bond donors (Lipinski definition) is 4. The first-order chi connectivity index (χ1) is 14.3. The van der Waals surface area contributed by atoms with E-state index in [2.05, 4.69) is 20.2 Å². The topological polar surface area (TPSA) is 183 Å². The van der Waals surface area contributed by atoms with Crippen molar-refractivity contribution in [3.63, 3.8) is 0 Å². The van der Waals surface area contributed by atoms with Crippen LogP contribution in [0.2, 0.25) is 0 Å². The van der Waals surface area contributed by atoms with E-state index in [1.165, 1.54) is 4.68 Å². The largest absolute Gasteiger partial charge is 0.633 e.